The third-order valence-corrected chi connectivity index (χ3v) is 10.6. The smallest absolute Gasteiger partial charge is 0.354 e. The van der Waals surface area contributed by atoms with E-state index in [9.17, 15) is 40.3 Å². The number of carbonyl (C=O) groups is 2. The molecular formula is C30H42N8O9S2-2. The van der Waals surface area contributed by atoms with Gasteiger partial charge in [0, 0.05) is 51.5 Å². The number of fused-ring (bicyclic) bond motifs is 1. The van der Waals surface area contributed by atoms with Crippen molar-refractivity contribution in [1.29, 1.82) is 0 Å². The van der Waals surface area contributed by atoms with E-state index in [0.29, 0.717) is 36.0 Å². The molecule has 2 aliphatic heterocycles. The number of piperazine rings is 1. The summed E-state index contributed by atoms with van der Waals surface area (Å²) < 4.78 is 66.6. The molecule has 17 nitrogen and oxygen atoms in total. The minimum atomic E-state index is -4.55. The maximum atomic E-state index is 12.9. The molecule has 270 valence electrons. The molecule has 0 radical (unpaired) electrons. The van der Waals surface area contributed by atoms with Crippen LogP contribution in [-0.2, 0) is 31.5 Å². The third kappa shape index (κ3) is 9.62. The molecule has 3 N–H and O–H groups in total. The summed E-state index contributed by atoms with van der Waals surface area (Å²) in [7, 11) is -8.81. The Bertz CT molecular complexity index is 1800. The Hall–Kier alpha value is -3.46. The van der Waals surface area contributed by atoms with Gasteiger partial charge in [-0.2, -0.15) is 4.98 Å². The van der Waals surface area contributed by atoms with E-state index in [0.717, 1.165) is 25.1 Å². The van der Waals surface area contributed by atoms with Gasteiger partial charge in [0.1, 0.15) is 26.1 Å². The predicted molar refractivity (Wildman–Crippen MR) is 177 cm³/mol. The van der Waals surface area contributed by atoms with Crippen LogP contribution in [0.15, 0.2) is 41.3 Å². The highest BCUT2D eigenvalue weighted by Crippen LogP contribution is 2.51. The molecule has 49 heavy (non-hydrogen) atoms. The van der Waals surface area contributed by atoms with E-state index in [4.69, 9.17) is 0 Å². The topological polar surface area (TPSA) is 229 Å². The molecule has 0 bridgehead atoms. The van der Waals surface area contributed by atoms with Gasteiger partial charge in [-0.05, 0) is 75.3 Å². The SMILES string of the molecule is CC(Cc1ccc(-n2ccc(NC(=O)N3CCN(C(=O)C(C)(C)NCS(=O)(=O)[O-])CC3)nc2=O)cc1)N1C[C@@H]2C(CNCS(=O)(=O)[O-])[C@@H]2C1. The van der Waals surface area contributed by atoms with Crippen LogP contribution in [0.1, 0.15) is 26.3 Å². The lowest BCUT2D eigenvalue weighted by Crippen LogP contribution is -2.60. The molecule has 3 amide bonds. The fourth-order valence-electron chi connectivity index (χ4n) is 6.67. The number of nitrogens with one attached hydrogen (secondary N) is 3. The quantitative estimate of drug-likeness (QED) is 0.211. The number of anilines is 1. The van der Waals surface area contributed by atoms with Crippen molar-refractivity contribution in [2.45, 2.75) is 38.8 Å². The first-order chi connectivity index (χ1) is 22.9. The number of likely N-dealkylation sites (tertiary alicyclic amines) is 1. The van der Waals surface area contributed by atoms with Gasteiger partial charge in [-0.15, -0.1) is 0 Å². The van der Waals surface area contributed by atoms with Gasteiger partial charge in [-0.25, -0.2) is 26.4 Å². The maximum Gasteiger partial charge on any atom is 0.354 e. The Morgan fingerprint density at radius 2 is 1.53 bits per heavy atom. The first-order valence-electron chi connectivity index (χ1n) is 16.0. The monoisotopic (exact) mass is 722 g/mol. The van der Waals surface area contributed by atoms with Gasteiger partial charge in [0.2, 0.25) is 5.91 Å². The van der Waals surface area contributed by atoms with Crippen molar-refractivity contribution in [3.63, 3.8) is 0 Å². The fourth-order valence-corrected chi connectivity index (χ4v) is 7.57. The van der Waals surface area contributed by atoms with Crippen LogP contribution >= 0.6 is 0 Å². The first kappa shape index (κ1) is 36.8. The van der Waals surface area contributed by atoms with Crippen molar-refractivity contribution >= 4 is 38.0 Å². The summed E-state index contributed by atoms with van der Waals surface area (Å²) >= 11 is 0. The Labute approximate surface area is 285 Å². The van der Waals surface area contributed by atoms with Crippen LogP contribution in [0.2, 0.25) is 0 Å². The molecule has 2 saturated heterocycles. The third-order valence-electron chi connectivity index (χ3n) is 9.55. The molecule has 3 fully saturated rings. The number of hydrogen-bond donors (Lipinski definition) is 3. The average molecular weight is 723 g/mol. The molecule has 4 atom stereocenters. The maximum absolute atomic E-state index is 12.9. The van der Waals surface area contributed by atoms with Crippen LogP contribution in [0.3, 0.4) is 0 Å². The fraction of sp³-hybridized carbons (Fsp3) is 0.600. The lowest BCUT2D eigenvalue weighted by molar-refractivity contribution is -0.138. The molecule has 1 saturated carbocycles. The number of amides is 3. The van der Waals surface area contributed by atoms with Crippen molar-refractivity contribution in [2.24, 2.45) is 17.8 Å². The van der Waals surface area contributed by atoms with E-state index in [-0.39, 0.29) is 32.0 Å². The van der Waals surface area contributed by atoms with Crippen LogP contribution in [0, 0.1) is 17.8 Å². The van der Waals surface area contributed by atoms with Gasteiger partial charge in [-0.3, -0.25) is 24.9 Å². The number of urea groups is 1. The van der Waals surface area contributed by atoms with Crippen LogP contribution < -0.4 is 21.6 Å². The number of benzene rings is 1. The summed E-state index contributed by atoms with van der Waals surface area (Å²) in [5, 5.41) is 7.86. The standard InChI is InChI=1S/C30H44N8O9S2/c1-20(37-16-24-23(25(24)17-37)15-31-18-48(42,43)44)14-21-4-6-22(7-5-21)38-9-8-26(34-29(38)41)33-28(40)36-12-10-35(11-13-36)27(39)30(2,3)32-19-49(45,46)47/h4-9,20,23-25,31-32H,10-19H2,1-3H3,(H,42,43,44)(H,45,46,47)(H,33,34,40,41)/p-2/t20?,23?,24-,25+. The molecule has 1 aromatic heterocycles. The number of nitrogens with zero attached hydrogens (tertiary/aromatic N) is 5. The van der Waals surface area contributed by atoms with Crippen molar-refractivity contribution in [2.75, 3.05) is 62.9 Å². The van der Waals surface area contributed by atoms with Crippen molar-refractivity contribution < 1.29 is 35.5 Å². The highest BCUT2D eigenvalue weighted by Gasteiger charge is 2.55. The van der Waals surface area contributed by atoms with Crippen LogP contribution in [0.25, 0.3) is 5.69 Å². The van der Waals surface area contributed by atoms with E-state index < -0.39 is 55.2 Å². The summed E-state index contributed by atoms with van der Waals surface area (Å²) in [5.74, 6) is -0.279. The van der Waals surface area contributed by atoms with Crippen molar-refractivity contribution in [1.82, 2.24) is 34.9 Å². The van der Waals surface area contributed by atoms with E-state index in [1.54, 1.807) is 0 Å². The minimum Gasteiger partial charge on any atom is -0.747 e. The molecule has 0 spiro atoms. The molecule has 3 heterocycles. The van der Waals surface area contributed by atoms with Crippen molar-refractivity contribution in [3.05, 3.63) is 52.6 Å². The predicted octanol–water partition coefficient (Wildman–Crippen LogP) is -1.02. The van der Waals surface area contributed by atoms with E-state index in [1.807, 2.05) is 24.3 Å². The van der Waals surface area contributed by atoms with E-state index in [1.165, 1.54) is 40.5 Å². The highest BCUT2D eigenvalue weighted by atomic mass is 32.2. The second-order valence-corrected chi connectivity index (χ2v) is 16.3. The van der Waals surface area contributed by atoms with Gasteiger partial charge in [0.15, 0.2) is 0 Å². The van der Waals surface area contributed by atoms with Gasteiger partial charge < -0.3 is 24.2 Å². The number of piperidine rings is 1. The largest absolute Gasteiger partial charge is 0.747 e. The second kappa shape index (κ2) is 14.4. The number of rotatable bonds is 13. The molecule has 2 aromatic rings. The lowest BCUT2D eigenvalue weighted by Gasteiger charge is -2.38. The summed E-state index contributed by atoms with van der Waals surface area (Å²) in [6, 6.07) is 8.95. The zero-order valence-corrected chi connectivity index (χ0v) is 29.2. The lowest BCUT2D eigenvalue weighted by atomic mass is 10.0. The van der Waals surface area contributed by atoms with Gasteiger partial charge in [0.25, 0.3) is 0 Å². The Morgan fingerprint density at radius 3 is 2.10 bits per heavy atom. The minimum absolute atomic E-state index is 0.0801. The second-order valence-electron chi connectivity index (χ2n) is 13.5. The molecule has 1 aromatic carbocycles. The summed E-state index contributed by atoms with van der Waals surface area (Å²) in [6.45, 7) is 8.36. The summed E-state index contributed by atoms with van der Waals surface area (Å²) in [5.41, 5.74) is -0.129. The average Bonchev–Trinajstić information content (AvgIpc) is 3.45. The normalized spacial score (nSPS) is 22.1. The molecular weight excluding hydrogens is 681 g/mol. The van der Waals surface area contributed by atoms with Crippen molar-refractivity contribution in [3.8, 4) is 5.69 Å². The van der Waals surface area contributed by atoms with Crippen LogP contribution in [0.5, 0.6) is 0 Å². The van der Waals surface area contributed by atoms with E-state index >= 15 is 0 Å². The van der Waals surface area contributed by atoms with Crippen LogP contribution in [-0.4, -0.2) is 131 Å². The Morgan fingerprint density at radius 1 is 0.939 bits per heavy atom. The highest BCUT2D eigenvalue weighted by molar-refractivity contribution is 7.85. The Kier molecular flexibility index (Phi) is 10.8. The van der Waals surface area contributed by atoms with Gasteiger partial charge in [0.05, 0.1) is 23.0 Å². The van der Waals surface area contributed by atoms with E-state index in [2.05, 4.69) is 32.8 Å². The molecule has 2 unspecified atom stereocenters. The molecule has 3 aliphatic rings. The zero-order valence-electron chi connectivity index (χ0n) is 27.6. The molecule has 5 rings (SSSR count). The molecule has 1 aliphatic carbocycles. The Balaban J connectivity index is 1.07. The first-order valence-corrected chi connectivity index (χ1v) is 19.2. The number of aromatic nitrogens is 2. The summed E-state index contributed by atoms with van der Waals surface area (Å²) in [6.07, 6.45) is 2.35. The number of hydrogen-bond acceptors (Lipinski definition) is 13. The van der Waals surface area contributed by atoms with Crippen LogP contribution in [0.4, 0.5) is 10.6 Å². The van der Waals surface area contributed by atoms with Gasteiger partial charge in [-0.1, -0.05) is 12.1 Å². The summed E-state index contributed by atoms with van der Waals surface area (Å²) in [4.78, 5) is 48.0. The molecule has 19 heteroatoms. The zero-order chi connectivity index (χ0) is 35.7. The number of carbonyl (C=O) groups excluding carboxylic acids is 2. The van der Waals surface area contributed by atoms with Gasteiger partial charge >= 0.3 is 11.7 Å².